The Bertz CT molecular complexity index is 587. The summed E-state index contributed by atoms with van der Waals surface area (Å²) in [5.74, 6) is 0.109. The molecule has 0 unspecified atom stereocenters. The monoisotopic (exact) mass is 280 g/mol. The quantitative estimate of drug-likeness (QED) is 0.860. The summed E-state index contributed by atoms with van der Waals surface area (Å²) in [4.78, 5) is 15.5. The molecule has 1 saturated carbocycles. The second-order valence-electron chi connectivity index (χ2n) is 4.00. The molecular weight excluding hydrogens is 272 g/mol. The Labute approximate surface area is 99.9 Å². The Balaban J connectivity index is 2.27. The molecule has 0 aliphatic heterocycles. The topological polar surface area (TPSA) is 69.1 Å². The number of nitrogens with two attached hydrogens (primary N) is 1. The van der Waals surface area contributed by atoms with Crippen LogP contribution in [0.15, 0.2) is 21.2 Å². The van der Waals surface area contributed by atoms with Crippen molar-refractivity contribution >= 4 is 32.8 Å². The summed E-state index contributed by atoms with van der Waals surface area (Å²) >= 11 is 3.36. The number of carbonyl (C=O) groups excluding carboxylic acids is 1. The molecule has 1 amide bonds. The minimum absolute atomic E-state index is 0.191. The Morgan fingerprint density at radius 2 is 2.25 bits per heavy atom. The van der Waals surface area contributed by atoms with Crippen molar-refractivity contribution in [3.8, 4) is 0 Å². The molecule has 2 N–H and O–H groups in total. The molecule has 0 aromatic carbocycles. The summed E-state index contributed by atoms with van der Waals surface area (Å²) in [7, 11) is 0. The van der Waals surface area contributed by atoms with Crippen LogP contribution in [0.5, 0.6) is 0 Å². The zero-order valence-corrected chi connectivity index (χ0v) is 9.95. The maximum atomic E-state index is 11.0. The SMILES string of the molecule is NC(=O)c1cc2cc(Br)nc(C3CC3)c2o1. The molecule has 0 bridgehead atoms. The molecule has 5 heteroatoms. The van der Waals surface area contributed by atoms with E-state index >= 15 is 0 Å². The lowest BCUT2D eigenvalue weighted by molar-refractivity contribution is 0.0976. The smallest absolute Gasteiger partial charge is 0.284 e. The fourth-order valence-electron chi connectivity index (χ4n) is 1.79. The van der Waals surface area contributed by atoms with Crippen LogP contribution in [0.25, 0.3) is 11.0 Å². The molecule has 16 heavy (non-hydrogen) atoms. The number of amides is 1. The summed E-state index contributed by atoms with van der Waals surface area (Å²) in [6.07, 6.45) is 2.26. The van der Waals surface area contributed by atoms with Gasteiger partial charge in [0.1, 0.15) is 4.60 Å². The molecular formula is C11H9BrN2O2. The number of hydrogen-bond donors (Lipinski definition) is 1. The van der Waals surface area contributed by atoms with Crippen LogP contribution in [0.1, 0.15) is 35.0 Å². The highest BCUT2D eigenvalue weighted by Gasteiger charge is 2.29. The number of hydrogen-bond acceptors (Lipinski definition) is 3. The number of furan rings is 1. The van der Waals surface area contributed by atoms with Crippen LogP contribution >= 0.6 is 15.9 Å². The molecule has 0 spiro atoms. The standard InChI is InChI=1S/C11H9BrN2O2/c12-8-4-6-3-7(11(13)15)16-10(6)9(14-8)5-1-2-5/h3-5H,1-2H2,(H2,13,15). The predicted octanol–water partition coefficient (Wildman–Crippen LogP) is 2.57. The Morgan fingerprint density at radius 3 is 2.88 bits per heavy atom. The van der Waals surface area contributed by atoms with Gasteiger partial charge in [0.2, 0.25) is 0 Å². The number of fused-ring (bicyclic) bond motifs is 1. The maximum Gasteiger partial charge on any atom is 0.284 e. The molecule has 1 aliphatic carbocycles. The summed E-state index contributed by atoms with van der Waals surface area (Å²) in [6.45, 7) is 0. The number of nitrogens with zero attached hydrogens (tertiary/aromatic N) is 1. The third-order valence-corrected chi connectivity index (χ3v) is 3.11. The van der Waals surface area contributed by atoms with E-state index in [0.29, 0.717) is 11.5 Å². The van der Waals surface area contributed by atoms with Crippen molar-refractivity contribution in [1.82, 2.24) is 4.98 Å². The van der Waals surface area contributed by atoms with E-state index in [-0.39, 0.29) is 5.76 Å². The van der Waals surface area contributed by atoms with Gasteiger partial charge in [0.15, 0.2) is 11.3 Å². The summed E-state index contributed by atoms with van der Waals surface area (Å²) in [6, 6.07) is 3.49. The number of rotatable bonds is 2. The fourth-order valence-corrected chi connectivity index (χ4v) is 2.23. The second kappa shape index (κ2) is 3.31. The van der Waals surface area contributed by atoms with Crippen molar-refractivity contribution in [3.05, 3.63) is 28.2 Å². The molecule has 4 nitrogen and oxygen atoms in total. The number of aromatic nitrogens is 1. The molecule has 82 valence electrons. The van der Waals surface area contributed by atoms with Crippen LogP contribution in [0.4, 0.5) is 0 Å². The van der Waals surface area contributed by atoms with Crippen molar-refractivity contribution in [2.75, 3.05) is 0 Å². The maximum absolute atomic E-state index is 11.0. The van der Waals surface area contributed by atoms with Gasteiger partial charge in [0.25, 0.3) is 5.91 Å². The summed E-state index contributed by atoms with van der Waals surface area (Å²) in [5, 5.41) is 0.873. The number of carbonyl (C=O) groups is 1. The highest BCUT2D eigenvalue weighted by atomic mass is 79.9. The van der Waals surface area contributed by atoms with Gasteiger partial charge in [0.05, 0.1) is 5.69 Å². The van der Waals surface area contributed by atoms with Gasteiger partial charge in [-0.05, 0) is 40.9 Å². The van der Waals surface area contributed by atoms with Gasteiger partial charge in [-0.2, -0.15) is 0 Å². The normalized spacial score (nSPS) is 15.6. The second-order valence-corrected chi connectivity index (χ2v) is 4.81. The van der Waals surface area contributed by atoms with Crippen molar-refractivity contribution in [3.63, 3.8) is 0 Å². The van der Waals surface area contributed by atoms with Crippen molar-refractivity contribution < 1.29 is 9.21 Å². The highest BCUT2D eigenvalue weighted by Crippen LogP contribution is 2.43. The first-order chi connectivity index (χ1) is 7.65. The Hall–Kier alpha value is -1.36. The number of pyridine rings is 1. The average molecular weight is 281 g/mol. The summed E-state index contributed by atoms with van der Waals surface area (Å²) < 4.78 is 6.22. The van der Waals surface area contributed by atoms with Gasteiger partial charge in [-0.1, -0.05) is 0 Å². The molecule has 1 fully saturated rings. The van der Waals surface area contributed by atoms with Crippen molar-refractivity contribution in [1.29, 1.82) is 0 Å². The first-order valence-electron chi connectivity index (χ1n) is 5.05. The van der Waals surface area contributed by atoms with Gasteiger partial charge < -0.3 is 10.2 Å². The zero-order chi connectivity index (χ0) is 11.3. The third-order valence-electron chi connectivity index (χ3n) is 2.70. The van der Waals surface area contributed by atoms with Crippen molar-refractivity contribution in [2.45, 2.75) is 18.8 Å². The Morgan fingerprint density at radius 1 is 1.50 bits per heavy atom. The van der Waals surface area contributed by atoms with Gasteiger partial charge in [-0.15, -0.1) is 0 Å². The van der Waals surface area contributed by atoms with Crippen LogP contribution in [-0.2, 0) is 0 Å². The fraction of sp³-hybridized carbons (Fsp3) is 0.273. The van der Waals surface area contributed by atoms with E-state index < -0.39 is 5.91 Å². The first kappa shape index (κ1) is 9.84. The van der Waals surface area contributed by atoms with E-state index in [1.54, 1.807) is 6.07 Å². The van der Waals surface area contributed by atoms with Crippen molar-refractivity contribution in [2.24, 2.45) is 5.73 Å². The van der Waals surface area contributed by atoms with Gasteiger partial charge >= 0.3 is 0 Å². The van der Waals surface area contributed by atoms with E-state index in [1.807, 2.05) is 6.07 Å². The van der Waals surface area contributed by atoms with E-state index in [0.717, 1.165) is 28.5 Å². The molecule has 3 rings (SSSR count). The van der Waals surface area contributed by atoms with Crippen LogP contribution in [0, 0.1) is 0 Å². The van der Waals surface area contributed by atoms with E-state index in [1.165, 1.54) is 0 Å². The molecule has 0 radical (unpaired) electrons. The number of primary amides is 1. The van der Waals surface area contributed by atoms with E-state index in [4.69, 9.17) is 10.2 Å². The minimum Gasteiger partial charge on any atom is -0.449 e. The lowest BCUT2D eigenvalue weighted by atomic mass is 10.2. The molecule has 2 heterocycles. The molecule has 2 aromatic rings. The Kier molecular flexibility index (Phi) is 2.04. The van der Waals surface area contributed by atoms with E-state index in [9.17, 15) is 4.79 Å². The van der Waals surface area contributed by atoms with Gasteiger partial charge in [0, 0.05) is 11.3 Å². The van der Waals surface area contributed by atoms with Gasteiger partial charge in [-0.3, -0.25) is 4.79 Å². The molecule has 0 atom stereocenters. The number of halogens is 1. The molecule has 0 saturated heterocycles. The third kappa shape index (κ3) is 1.51. The minimum atomic E-state index is -0.547. The largest absolute Gasteiger partial charge is 0.449 e. The molecule has 2 aromatic heterocycles. The van der Waals surface area contributed by atoms with Gasteiger partial charge in [-0.25, -0.2) is 4.98 Å². The van der Waals surface area contributed by atoms with Crippen LogP contribution < -0.4 is 5.73 Å². The predicted molar refractivity (Wildman–Crippen MR) is 62.2 cm³/mol. The first-order valence-corrected chi connectivity index (χ1v) is 5.84. The summed E-state index contributed by atoms with van der Waals surface area (Å²) in [5.41, 5.74) is 6.81. The lowest BCUT2D eigenvalue weighted by Gasteiger charge is -1.99. The zero-order valence-electron chi connectivity index (χ0n) is 8.37. The van der Waals surface area contributed by atoms with Crippen LogP contribution in [0.2, 0.25) is 0 Å². The lowest BCUT2D eigenvalue weighted by Crippen LogP contribution is -2.09. The van der Waals surface area contributed by atoms with E-state index in [2.05, 4.69) is 20.9 Å². The van der Waals surface area contributed by atoms with Crippen LogP contribution in [0.3, 0.4) is 0 Å². The highest BCUT2D eigenvalue weighted by molar-refractivity contribution is 9.10. The molecule has 1 aliphatic rings. The van der Waals surface area contributed by atoms with Crippen LogP contribution in [-0.4, -0.2) is 10.9 Å². The average Bonchev–Trinajstić information content (AvgIpc) is 2.96.